The summed E-state index contributed by atoms with van der Waals surface area (Å²) in [5.41, 5.74) is 7.49. The fourth-order valence-electron chi connectivity index (χ4n) is 2.61. The van der Waals surface area contributed by atoms with Crippen LogP contribution in [0.5, 0.6) is 0 Å². The Balaban J connectivity index is 1.97. The third-order valence-electron chi connectivity index (χ3n) is 3.90. The molecule has 0 radical (unpaired) electrons. The third-order valence-corrected chi connectivity index (χ3v) is 3.90. The van der Waals surface area contributed by atoms with Crippen molar-refractivity contribution in [3.8, 4) is 16.9 Å². The van der Waals surface area contributed by atoms with Crippen molar-refractivity contribution in [3.05, 3.63) is 71.7 Å². The van der Waals surface area contributed by atoms with Gasteiger partial charge < -0.3 is 4.74 Å². The first-order valence-corrected chi connectivity index (χ1v) is 8.63. The number of aromatic nitrogens is 2. The van der Waals surface area contributed by atoms with Crippen molar-refractivity contribution in [2.75, 3.05) is 6.61 Å². The predicted molar refractivity (Wildman–Crippen MR) is 101 cm³/mol. The lowest BCUT2D eigenvalue weighted by atomic mass is 10.1. The number of aryl methyl sites for hydroxylation is 1. The van der Waals surface area contributed by atoms with Gasteiger partial charge in [-0.1, -0.05) is 23.8 Å². The number of hydrogen-bond donors (Lipinski definition) is 2. The Morgan fingerprint density at radius 3 is 2.57 bits per heavy atom. The Bertz CT molecular complexity index is 999. The molecule has 0 spiro atoms. The van der Waals surface area contributed by atoms with Crippen molar-refractivity contribution >= 4 is 12.0 Å². The lowest BCUT2D eigenvalue weighted by Gasteiger charge is -2.07. The van der Waals surface area contributed by atoms with Crippen LogP contribution >= 0.6 is 0 Å². The molecule has 7 nitrogen and oxygen atoms in total. The van der Waals surface area contributed by atoms with Crippen LogP contribution < -0.4 is 10.9 Å². The lowest BCUT2D eigenvalue weighted by Crippen LogP contribution is -2.42. The quantitative estimate of drug-likeness (QED) is 0.678. The molecule has 1 heterocycles. The number of amides is 2. The van der Waals surface area contributed by atoms with Gasteiger partial charge in [-0.3, -0.25) is 10.2 Å². The fraction of sp³-hybridized carbons (Fsp3) is 0.150. The SMILES string of the molecule is CCOC(=O)NNC(=O)c1cn(-c2ccc(F)cc2)nc1-c1cccc(C)c1. The van der Waals surface area contributed by atoms with E-state index in [1.807, 2.05) is 31.2 Å². The van der Waals surface area contributed by atoms with Crippen LogP contribution in [0.25, 0.3) is 16.9 Å². The summed E-state index contributed by atoms with van der Waals surface area (Å²) in [5, 5.41) is 4.50. The van der Waals surface area contributed by atoms with Crippen LogP contribution in [0.3, 0.4) is 0 Å². The Hall–Kier alpha value is -3.68. The molecule has 3 rings (SSSR count). The van der Waals surface area contributed by atoms with Crippen LogP contribution in [0.4, 0.5) is 9.18 Å². The molecule has 1 aromatic heterocycles. The number of nitrogens with zero attached hydrogens (tertiary/aromatic N) is 2. The van der Waals surface area contributed by atoms with Crippen LogP contribution in [0.2, 0.25) is 0 Å². The first kappa shape index (κ1) is 19.1. The van der Waals surface area contributed by atoms with E-state index in [1.165, 1.54) is 23.0 Å². The molecule has 0 unspecified atom stereocenters. The Morgan fingerprint density at radius 1 is 1.14 bits per heavy atom. The Kier molecular flexibility index (Phi) is 5.69. The van der Waals surface area contributed by atoms with Crippen molar-refractivity contribution in [2.45, 2.75) is 13.8 Å². The summed E-state index contributed by atoms with van der Waals surface area (Å²) in [6.07, 6.45) is 0.756. The molecule has 3 aromatic rings. The van der Waals surface area contributed by atoms with Crippen LogP contribution in [0.15, 0.2) is 54.7 Å². The summed E-state index contributed by atoms with van der Waals surface area (Å²) in [6.45, 7) is 3.77. The molecule has 144 valence electrons. The standard InChI is InChI=1S/C20H19FN4O3/c1-3-28-20(27)23-22-19(26)17-12-25(16-9-7-15(21)8-10-16)24-18(17)14-6-4-5-13(2)11-14/h4-12H,3H2,1-2H3,(H,22,26)(H,23,27). The van der Waals surface area contributed by atoms with Gasteiger partial charge in [0.05, 0.1) is 17.9 Å². The van der Waals surface area contributed by atoms with Crippen LogP contribution in [-0.4, -0.2) is 28.4 Å². The Labute approximate surface area is 161 Å². The van der Waals surface area contributed by atoms with Crippen molar-refractivity contribution in [3.63, 3.8) is 0 Å². The average molecular weight is 382 g/mol. The summed E-state index contributed by atoms with van der Waals surface area (Å²) in [4.78, 5) is 24.1. The van der Waals surface area contributed by atoms with Gasteiger partial charge in [0.25, 0.3) is 5.91 Å². The largest absolute Gasteiger partial charge is 0.449 e. The molecular weight excluding hydrogens is 363 g/mol. The zero-order chi connectivity index (χ0) is 20.1. The molecule has 28 heavy (non-hydrogen) atoms. The predicted octanol–water partition coefficient (Wildman–Crippen LogP) is 3.38. The van der Waals surface area contributed by atoms with E-state index < -0.39 is 12.0 Å². The van der Waals surface area contributed by atoms with E-state index in [9.17, 15) is 14.0 Å². The molecule has 0 aliphatic heterocycles. The van der Waals surface area contributed by atoms with E-state index in [0.717, 1.165) is 11.1 Å². The van der Waals surface area contributed by atoms with Gasteiger partial charge in [-0.15, -0.1) is 0 Å². The lowest BCUT2D eigenvalue weighted by molar-refractivity contribution is 0.0913. The summed E-state index contributed by atoms with van der Waals surface area (Å²) in [6, 6.07) is 13.3. The van der Waals surface area contributed by atoms with Crippen LogP contribution in [-0.2, 0) is 4.74 Å². The minimum Gasteiger partial charge on any atom is -0.449 e. The zero-order valence-electron chi connectivity index (χ0n) is 15.4. The topological polar surface area (TPSA) is 85.3 Å². The number of ether oxygens (including phenoxy) is 1. The van der Waals surface area contributed by atoms with E-state index in [-0.39, 0.29) is 18.0 Å². The zero-order valence-corrected chi connectivity index (χ0v) is 15.4. The molecule has 0 saturated heterocycles. The first-order chi connectivity index (χ1) is 13.5. The maximum absolute atomic E-state index is 13.2. The highest BCUT2D eigenvalue weighted by molar-refractivity contribution is 6.00. The normalized spacial score (nSPS) is 10.4. The molecule has 0 atom stereocenters. The average Bonchev–Trinajstić information content (AvgIpc) is 3.12. The van der Waals surface area contributed by atoms with Crippen molar-refractivity contribution in [1.29, 1.82) is 0 Å². The maximum atomic E-state index is 13.2. The van der Waals surface area contributed by atoms with Gasteiger partial charge in [-0.05, 0) is 44.2 Å². The maximum Gasteiger partial charge on any atom is 0.426 e. The molecule has 0 fully saturated rings. The van der Waals surface area contributed by atoms with Crippen molar-refractivity contribution in [2.24, 2.45) is 0 Å². The molecule has 2 N–H and O–H groups in total. The second-order valence-corrected chi connectivity index (χ2v) is 5.98. The fourth-order valence-corrected chi connectivity index (χ4v) is 2.61. The number of nitrogens with one attached hydrogen (secondary N) is 2. The van der Waals surface area contributed by atoms with E-state index in [1.54, 1.807) is 19.1 Å². The molecule has 0 aliphatic rings. The summed E-state index contributed by atoms with van der Waals surface area (Å²) in [7, 11) is 0. The van der Waals surface area contributed by atoms with E-state index >= 15 is 0 Å². The molecule has 0 bridgehead atoms. The molecule has 0 saturated carbocycles. The van der Waals surface area contributed by atoms with Crippen LogP contribution in [0, 0.1) is 12.7 Å². The van der Waals surface area contributed by atoms with Crippen molar-refractivity contribution < 1.29 is 18.7 Å². The van der Waals surface area contributed by atoms with Gasteiger partial charge in [0.15, 0.2) is 0 Å². The molecule has 8 heteroatoms. The number of rotatable bonds is 4. The van der Waals surface area contributed by atoms with Crippen LogP contribution in [0.1, 0.15) is 22.8 Å². The number of halogens is 1. The number of hydrazine groups is 1. The van der Waals surface area contributed by atoms with Crippen molar-refractivity contribution in [1.82, 2.24) is 20.6 Å². The molecule has 2 amide bonds. The second kappa shape index (κ2) is 8.34. The van der Waals surface area contributed by atoms with Gasteiger partial charge in [-0.25, -0.2) is 19.3 Å². The van der Waals surface area contributed by atoms with Gasteiger partial charge in [0, 0.05) is 11.8 Å². The van der Waals surface area contributed by atoms with E-state index in [4.69, 9.17) is 4.74 Å². The first-order valence-electron chi connectivity index (χ1n) is 8.63. The highest BCUT2D eigenvalue weighted by Crippen LogP contribution is 2.24. The molecule has 0 aliphatic carbocycles. The third kappa shape index (κ3) is 4.35. The number of carbonyl (C=O) groups is 2. The molecule has 2 aromatic carbocycles. The number of hydrogen-bond acceptors (Lipinski definition) is 4. The monoisotopic (exact) mass is 382 g/mol. The summed E-state index contributed by atoms with van der Waals surface area (Å²) >= 11 is 0. The highest BCUT2D eigenvalue weighted by atomic mass is 19.1. The molecular formula is C20H19FN4O3. The van der Waals surface area contributed by atoms with Gasteiger partial charge in [0.1, 0.15) is 11.5 Å². The number of carbonyl (C=O) groups excluding carboxylic acids is 2. The minimum absolute atomic E-state index is 0.179. The summed E-state index contributed by atoms with van der Waals surface area (Å²) in [5.74, 6) is -0.927. The summed E-state index contributed by atoms with van der Waals surface area (Å²) < 4.78 is 19.4. The minimum atomic E-state index is -0.765. The Morgan fingerprint density at radius 2 is 1.89 bits per heavy atom. The number of benzene rings is 2. The second-order valence-electron chi connectivity index (χ2n) is 5.98. The smallest absolute Gasteiger partial charge is 0.426 e. The highest BCUT2D eigenvalue weighted by Gasteiger charge is 2.19. The van der Waals surface area contributed by atoms with Gasteiger partial charge in [-0.2, -0.15) is 5.10 Å². The van der Waals surface area contributed by atoms with E-state index in [2.05, 4.69) is 16.0 Å². The van der Waals surface area contributed by atoms with E-state index in [0.29, 0.717) is 11.4 Å². The van der Waals surface area contributed by atoms with Gasteiger partial charge >= 0.3 is 6.09 Å². The van der Waals surface area contributed by atoms with Gasteiger partial charge in [0.2, 0.25) is 0 Å².